The van der Waals surface area contributed by atoms with Gasteiger partial charge in [-0.2, -0.15) is 0 Å². The van der Waals surface area contributed by atoms with Gasteiger partial charge in [-0.1, -0.05) is 13.0 Å². The van der Waals surface area contributed by atoms with E-state index >= 15 is 0 Å². The summed E-state index contributed by atoms with van der Waals surface area (Å²) in [6.45, 7) is 6.36. The number of amides is 1. The first kappa shape index (κ1) is 18.9. The summed E-state index contributed by atoms with van der Waals surface area (Å²) >= 11 is 0. The highest BCUT2D eigenvalue weighted by atomic mass is 32.2. The topological polar surface area (TPSA) is 105 Å². The Kier molecular flexibility index (Phi) is 5.64. The number of nitrogens with zero attached hydrogens (tertiary/aromatic N) is 1. The van der Waals surface area contributed by atoms with Gasteiger partial charge in [0.2, 0.25) is 15.9 Å². The van der Waals surface area contributed by atoms with Crippen LogP contribution in [0.2, 0.25) is 0 Å². The zero-order valence-corrected chi connectivity index (χ0v) is 15.2. The largest absolute Gasteiger partial charge is 0.330 e. The number of carbonyl (C=O) groups excluding carboxylic acids is 1. The van der Waals surface area contributed by atoms with Gasteiger partial charge in [0.15, 0.2) is 0 Å². The summed E-state index contributed by atoms with van der Waals surface area (Å²) in [6, 6.07) is 4.87. The fourth-order valence-corrected chi connectivity index (χ4v) is 3.90. The molecular weight excluding hydrogens is 328 g/mol. The van der Waals surface area contributed by atoms with Gasteiger partial charge in [0.05, 0.1) is 11.4 Å². The molecule has 24 heavy (non-hydrogen) atoms. The standard InChI is InChI=1S/C16H26N4O3S/c1-12-4-5-13(8-14(12)24(22,23)18-3)19-15(21)9-20-7-6-16(2,10-17)11-20/h4-5,8,18H,6-7,9-11,17H2,1-3H3,(H,19,21). The van der Waals surface area contributed by atoms with Gasteiger partial charge in [-0.05, 0) is 56.6 Å². The van der Waals surface area contributed by atoms with E-state index in [2.05, 4.69) is 21.9 Å². The molecule has 0 aliphatic carbocycles. The fourth-order valence-electron chi connectivity index (χ4n) is 2.91. The Labute approximate surface area is 143 Å². The molecule has 0 saturated carbocycles. The van der Waals surface area contributed by atoms with Crippen LogP contribution in [0.5, 0.6) is 0 Å². The molecule has 2 rings (SSSR count). The molecule has 1 amide bonds. The Morgan fingerprint density at radius 3 is 2.71 bits per heavy atom. The van der Waals surface area contributed by atoms with Crippen molar-refractivity contribution in [2.45, 2.75) is 25.2 Å². The van der Waals surface area contributed by atoms with Gasteiger partial charge in [0.25, 0.3) is 0 Å². The fraction of sp³-hybridized carbons (Fsp3) is 0.562. The molecule has 1 fully saturated rings. The zero-order valence-electron chi connectivity index (χ0n) is 14.4. The van der Waals surface area contributed by atoms with Crippen molar-refractivity contribution in [3.63, 3.8) is 0 Å². The molecule has 1 aliphatic heterocycles. The Morgan fingerprint density at radius 2 is 2.12 bits per heavy atom. The summed E-state index contributed by atoms with van der Waals surface area (Å²) in [6.07, 6.45) is 0.978. The molecule has 1 aromatic rings. The van der Waals surface area contributed by atoms with E-state index in [-0.39, 0.29) is 22.8 Å². The van der Waals surface area contributed by atoms with Crippen LogP contribution in [-0.4, -0.2) is 52.5 Å². The first-order valence-corrected chi connectivity index (χ1v) is 9.44. The van der Waals surface area contributed by atoms with Crippen LogP contribution in [-0.2, 0) is 14.8 Å². The van der Waals surface area contributed by atoms with Gasteiger partial charge in [-0.15, -0.1) is 0 Å². The number of likely N-dealkylation sites (tertiary alicyclic amines) is 1. The van der Waals surface area contributed by atoms with Crippen molar-refractivity contribution >= 4 is 21.6 Å². The van der Waals surface area contributed by atoms with Crippen LogP contribution >= 0.6 is 0 Å². The highest BCUT2D eigenvalue weighted by molar-refractivity contribution is 7.89. The Morgan fingerprint density at radius 1 is 1.42 bits per heavy atom. The summed E-state index contributed by atoms with van der Waals surface area (Å²) < 4.78 is 26.3. The maximum atomic E-state index is 12.2. The maximum absolute atomic E-state index is 12.2. The van der Waals surface area contributed by atoms with Crippen molar-refractivity contribution < 1.29 is 13.2 Å². The van der Waals surface area contributed by atoms with Crippen LogP contribution in [0.25, 0.3) is 0 Å². The van der Waals surface area contributed by atoms with Gasteiger partial charge in [-0.25, -0.2) is 13.1 Å². The zero-order chi connectivity index (χ0) is 18.0. The number of aryl methyl sites for hydroxylation is 1. The lowest BCUT2D eigenvalue weighted by molar-refractivity contribution is -0.117. The molecule has 0 aromatic heterocycles. The number of nitrogens with two attached hydrogens (primary N) is 1. The van der Waals surface area contributed by atoms with Crippen molar-refractivity contribution in [3.8, 4) is 0 Å². The van der Waals surface area contributed by atoms with E-state index in [9.17, 15) is 13.2 Å². The van der Waals surface area contributed by atoms with E-state index in [1.807, 2.05) is 0 Å². The molecule has 0 radical (unpaired) electrons. The highest BCUT2D eigenvalue weighted by Crippen LogP contribution is 2.28. The van der Waals surface area contributed by atoms with E-state index in [1.165, 1.54) is 13.1 Å². The van der Waals surface area contributed by atoms with E-state index in [1.54, 1.807) is 19.1 Å². The molecule has 1 saturated heterocycles. The molecule has 1 aromatic carbocycles. The molecule has 1 unspecified atom stereocenters. The van der Waals surface area contributed by atoms with Crippen LogP contribution in [0.3, 0.4) is 0 Å². The summed E-state index contributed by atoms with van der Waals surface area (Å²) in [5.74, 6) is -0.159. The summed E-state index contributed by atoms with van der Waals surface area (Å²) in [4.78, 5) is 14.5. The van der Waals surface area contributed by atoms with Crippen LogP contribution < -0.4 is 15.8 Å². The second-order valence-corrected chi connectivity index (χ2v) is 8.57. The number of hydrogen-bond donors (Lipinski definition) is 3. The molecule has 8 heteroatoms. The third-order valence-corrected chi connectivity index (χ3v) is 6.08. The number of benzene rings is 1. The van der Waals surface area contributed by atoms with Crippen molar-refractivity contribution in [1.82, 2.24) is 9.62 Å². The van der Waals surface area contributed by atoms with Gasteiger partial charge >= 0.3 is 0 Å². The molecule has 0 spiro atoms. The molecule has 0 bridgehead atoms. The van der Waals surface area contributed by atoms with Crippen molar-refractivity contribution in [2.75, 3.05) is 38.5 Å². The van der Waals surface area contributed by atoms with Crippen molar-refractivity contribution in [2.24, 2.45) is 11.1 Å². The SMILES string of the molecule is CNS(=O)(=O)c1cc(NC(=O)CN2CCC(C)(CN)C2)ccc1C. The number of hydrogen-bond acceptors (Lipinski definition) is 5. The molecule has 1 heterocycles. The minimum absolute atomic E-state index is 0.0676. The first-order valence-electron chi connectivity index (χ1n) is 7.95. The lowest BCUT2D eigenvalue weighted by Gasteiger charge is -2.22. The maximum Gasteiger partial charge on any atom is 0.240 e. The van der Waals surface area contributed by atoms with Gasteiger partial charge in [0.1, 0.15) is 0 Å². The third-order valence-electron chi connectivity index (χ3n) is 4.53. The second kappa shape index (κ2) is 7.18. The predicted molar refractivity (Wildman–Crippen MR) is 94.3 cm³/mol. The normalized spacial score (nSPS) is 21.8. The average molecular weight is 354 g/mol. The summed E-state index contributed by atoms with van der Waals surface area (Å²) in [5.41, 5.74) is 6.94. The molecule has 7 nitrogen and oxygen atoms in total. The van der Waals surface area contributed by atoms with Crippen molar-refractivity contribution in [1.29, 1.82) is 0 Å². The molecular formula is C16H26N4O3S. The number of sulfonamides is 1. The van der Waals surface area contributed by atoms with Gasteiger partial charge in [0, 0.05) is 12.2 Å². The number of carbonyl (C=O) groups is 1. The third kappa shape index (κ3) is 4.32. The first-order chi connectivity index (χ1) is 11.2. The second-order valence-electron chi connectivity index (χ2n) is 6.71. The minimum atomic E-state index is -3.55. The lowest BCUT2D eigenvalue weighted by atomic mass is 9.90. The van der Waals surface area contributed by atoms with E-state index in [4.69, 9.17) is 5.73 Å². The molecule has 1 atom stereocenters. The monoisotopic (exact) mass is 354 g/mol. The number of anilines is 1. The van der Waals surface area contributed by atoms with Gasteiger partial charge in [-0.3, -0.25) is 9.69 Å². The van der Waals surface area contributed by atoms with Gasteiger partial charge < -0.3 is 11.1 Å². The summed E-state index contributed by atoms with van der Waals surface area (Å²) in [5, 5.41) is 2.77. The van der Waals surface area contributed by atoms with E-state index in [0.717, 1.165) is 19.5 Å². The van der Waals surface area contributed by atoms with Crippen LogP contribution in [0, 0.1) is 12.3 Å². The number of nitrogens with one attached hydrogen (secondary N) is 2. The Hall–Kier alpha value is -1.48. The Balaban J connectivity index is 2.04. The minimum Gasteiger partial charge on any atom is -0.330 e. The summed E-state index contributed by atoms with van der Waals surface area (Å²) in [7, 11) is -2.19. The van der Waals surface area contributed by atoms with Crippen LogP contribution in [0.4, 0.5) is 5.69 Å². The Bertz CT molecular complexity index is 720. The van der Waals surface area contributed by atoms with E-state index in [0.29, 0.717) is 17.8 Å². The lowest BCUT2D eigenvalue weighted by Crippen LogP contribution is -2.35. The predicted octanol–water partition coefficient (Wildman–Crippen LogP) is 0.512. The number of rotatable bonds is 6. The quantitative estimate of drug-likeness (QED) is 0.690. The van der Waals surface area contributed by atoms with E-state index < -0.39 is 10.0 Å². The average Bonchev–Trinajstić information content (AvgIpc) is 2.90. The molecule has 4 N–H and O–H groups in total. The highest BCUT2D eigenvalue weighted by Gasteiger charge is 2.33. The smallest absolute Gasteiger partial charge is 0.240 e. The van der Waals surface area contributed by atoms with Crippen molar-refractivity contribution in [3.05, 3.63) is 23.8 Å². The van der Waals surface area contributed by atoms with Crippen LogP contribution in [0.15, 0.2) is 23.1 Å². The van der Waals surface area contributed by atoms with Crippen LogP contribution in [0.1, 0.15) is 18.9 Å². The molecule has 1 aliphatic rings. The molecule has 134 valence electrons.